The van der Waals surface area contributed by atoms with Crippen molar-refractivity contribution < 1.29 is 9.53 Å². The predicted octanol–water partition coefficient (Wildman–Crippen LogP) is 3.58. The minimum Gasteiger partial charge on any atom is -0.462 e. The van der Waals surface area contributed by atoms with E-state index in [1.807, 2.05) is 0 Å². The van der Waals surface area contributed by atoms with Crippen molar-refractivity contribution in [1.29, 1.82) is 0 Å². The van der Waals surface area contributed by atoms with E-state index in [-0.39, 0.29) is 5.97 Å². The molecule has 0 aromatic carbocycles. The fourth-order valence-corrected chi connectivity index (χ4v) is 1.67. The highest BCUT2D eigenvalue weighted by Gasteiger charge is 2.06. The molecule has 0 aliphatic rings. The third-order valence-corrected chi connectivity index (χ3v) is 2.63. The van der Waals surface area contributed by atoms with Crippen molar-refractivity contribution >= 4 is 21.9 Å². The number of unbranched alkanes of at least 4 members (excludes halogenated alkanes) is 3. The molecule has 0 saturated heterocycles. The van der Waals surface area contributed by atoms with Gasteiger partial charge >= 0.3 is 5.97 Å². The molecule has 0 N–H and O–H groups in total. The van der Waals surface area contributed by atoms with Crippen molar-refractivity contribution in [2.45, 2.75) is 32.6 Å². The number of nitrogens with zero attached hydrogens (tertiary/aromatic N) is 1. The first kappa shape index (κ1) is 13.2. The highest BCUT2D eigenvalue weighted by Crippen LogP contribution is 2.09. The summed E-state index contributed by atoms with van der Waals surface area (Å²) in [4.78, 5) is 15.5. The van der Waals surface area contributed by atoms with Crippen LogP contribution < -0.4 is 0 Å². The lowest BCUT2D eigenvalue weighted by atomic mass is 10.2. The van der Waals surface area contributed by atoms with Crippen LogP contribution in [0.4, 0.5) is 0 Å². The molecule has 0 amide bonds. The first-order valence-electron chi connectivity index (χ1n) is 5.52. The number of aromatic nitrogens is 1. The summed E-state index contributed by atoms with van der Waals surface area (Å²) in [6, 6.07) is 3.31. The summed E-state index contributed by atoms with van der Waals surface area (Å²) in [5.74, 6) is -0.278. The van der Waals surface area contributed by atoms with Crippen molar-refractivity contribution in [2.75, 3.05) is 6.61 Å². The SMILES string of the molecule is CCCCCCOC(=O)c1ccnc(Br)c1. The van der Waals surface area contributed by atoms with Gasteiger partial charge in [-0.15, -0.1) is 0 Å². The number of esters is 1. The van der Waals surface area contributed by atoms with Gasteiger partial charge in [-0.2, -0.15) is 0 Å². The zero-order valence-corrected chi connectivity index (χ0v) is 11.0. The van der Waals surface area contributed by atoms with Gasteiger partial charge in [-0.05, 0) is 34.5 Å². The van der Waals surface area contributed by atoms with Crippen LogP contribution in [-0.4, -0.2) is 17.6 Å². The number of hydrogen-bond acceptors (Lipinski definition) is 3. The Morgan fingerprint density at radius 1 is 1.44 bits per heavy atom. The molecule has 0 aliphatic heterocycles. The molecular weight excluding hydrogens is 270 g/mol. The van der Waals surface area contributed by atoms with Gasteiger partial charge in [0.2, 0.25) is 0 Å². The second-order valence-corrected chi connectivity index (χ2v) is 4.38. The summed E-state index contributed by atoms with van der Waals surface area (Å²) in [6.07, 6.45) is 6.01. The second kappa shape index (κ2) is 7.39. The van der Waals surface area contributed by atoms with Crippen LogP contribution in [0.25, 0.3) is 0 Å². The summed E-state index contributed by atoms with van der Waals surface area (Å²) < 4.78 is 5.79. The molecule has 0 radical (unpaired) electrons. The van der Waals surface area contributed by atoms with Crippen LogP contribution in [0.1, 0.15) is 43.0 Å². The fraction of sp³-hybridized carbons (Fsp3) is 0.500. The lowest BCUT2D eigenvalue weighted by Crippen LogP contribution is -2.06. The monoisotopic (exact) mass is 285 g/mol. The number of pyridine rings is 1. The Morgan fingerprint density at radius 3 is 2.94 bits per heavy atom. The zero-order valence-electron chi connectivity index (χ0n) is 9.41. The maximum Gasteiger partial charge on any atom is 0.338 e. The largest absolute Gasteiger partial charge is 0.462 e. The van der Waals surface area contributed by atoms with Gasteiger partial charge in [0.05, 0.1) is 12.2 Å². The zero-order chi connectivity index (χ0) is 11.8. The average molecular weight is 286 g/mol. The Bertz CT molecular complexity index is 342. The quantitative estimate of drug-likeness (QED) is 0.456. The van der Waals surface area contributed by atoms with Crippen LogP contribution in [0, 0.1) is 0 Å². The van der Waals surface area contributed by atoms with Crippen molar-refractivity contribution in [3.8, 4) is 0 Å². The van der Waals surface area contributed by atoms with E-state index in [4.69, 9.17) is 4.74 Å². The number of carbonyl (C=O) groups is 1. The third-order valence-electron chi connectivity index (χ3n) is 2.19. The van der Waals surface area contributed by atoms with E-state index in [9.17, 15) is 4.79 Å². The molecule has 0 unspecified atom stereocenters. The number of carbonyl (C=O) groups excluding carboxylic acids is 1. The van der Waals surface area contributed by atoms with Crippen molar-refractivity contribution in [3.63, 3.8) is 0 Å². The van der Waals surface area contributed by atoms with Crippen molar-refractivity contribution in [1.82, 2.24) is 4.98 Å². The Hall–Kier alpha value is -0.900. The lowest BCUT2D eigenvalue weighted by Gasteiger charge is -2.04. The highest BCUT2D eigenvalue weighted by molar-refractivity contribution is 9.10. The maximum absolute atomic E-state index is 11.6. The lowest BCUT2D eigenvalue weighted by molar-refractivity contribution is 0.0497. The topological polar surface area (TPSA) is 39.2 Å². The van der Waals surface area contributed by atoms with Crippen LogP contribution in [0.3, 0.4) is 0 Å². The molecule has 1 heterocycles. The maximum atomic E-state index is 11.6. The molecule has 1 rings (SSSR count). The van der Waals surface area contributed by atoms with Gasteiger partial charge < -0.3 is 4.74 Å². The number of ether oxygens (including phenoxy) is 1. The normalized spacial score (nSPS) is 10.1. The standard InChI is InChI=1S/C12H16BrNO2/c1-2-3-4-5-8-16-12(15)10-6-7-14-11(13)9-10/h6-7,9H,2-5,8H2,1H3. The van der Waals surface area contributed by atoms with E-state index in [1.54, 1.807) is 18.3 Å². The minimum atomic E-state index is -0.278. The Balaban J connectivity index is 2.30. The molecule has 0 spiro atoms. The van der Waals surface area contributed by atoms with Crippen molar-refractivity contribution in [3.05, 3.63) is 28.5 Å². The molecule has 0 aliphatic carbocycles. The van der Waals surface area contributed by atoms with Gasteiger partial charge in [0.25, 0.3) is 0 Å². The Morgan fingerprint density at radius 2 is 2.25 bits per heavy atom. The molecule has 3 nitrogen and oxygen atoms in total. The molecule has 0 bridgehead atoms. The number of halogens is 1. The smallest absolute Gasteiger partial charge is 0.338 e. The van der Waals surface area contributed by atoms with Crippen LogP contribution in [-0.2, 0) is 4.74 Å². The highest BCUT2D eigenvalue weighted by atomic mass is 79.9. The minimum absolute atomic E-state index is 0.278. The third kappa shape index (κ3) is 4.75. The van der Waals surface area contributed by atoms with Gasteiger partial charge in [0, 0.05) is 6.20 Å². The van der Waals surface area contributed by atoms with E-state index in [0.29, 0.717) is 16.8 Å². The van der Waals surface area contributed by atoms with E-state index >= 15 is 0 Å². The molecule has 1 aromatic rings. The van der Waals surface area contributed by atoms with Crippen molar-refractivity contribution in [2.24, 2.45) is 0 Å². The van der Waals surface area contributed by atoms with Gasteiger partial charge in [-0.25, -0.2) is 9.78 Å². The van der Waals surface area contributed by atoms with Crippen LogP contribution >= 0.6 is 15.9 Å². The number of rotatable bonds is 6. The molecule has 0 atom stereocenters. The molecule has 1 aromatic heterocycles. The molecule has 0 saturated carbocycles. The summed E-state index contributed by atoms with van der Waals surface area (Å²) >= 11 is 3.21. The fourth-order valence-electron chi connectivity index (χ4n) is 1.31. The molecule has 0 fully saturated rings. The summed E-state index contributed by atoms with van der Waals surface area (Å²) in [7, 11) is 0. The average Bonchev–Trinajstić information content (AvgIpc) is 2.28. The molecule has 4 heteroatoms. The summed E-state index contributed by atoms with van der Waals surface area (Å²) in [5.41, 5.74) is 0.539. The van der Waals surface area contributed by atoms with Crippen LogP contribution in [0.2, 0.25) is 0 Å². The van der Waals surface area contributed by atoms with E-state index in [2.05, 4.69) is 27.8 Å². The molecule has 88 valence electrons. The van der Waals surface area contributed by atoms with Gasteiger partial charge in [-0.3, -0.25) is 0 Å². The number of hydrogen-bond donors (Lipinski definition) is 0. The summed E-state index contributed by atoms with van der Waals surface area (Å²) in [5, 5.41) is 0. The van der Waals surface area contributed by atoms with Gasteiger partial charge in [0.15, 0.2) is 0 Å². The van der Waals surface area contributed by atoms with Gasteiger partial charge in [-0.1, -0.05) is 26.2 Å². The predicted molar refractivity (Wildman–Crippen MR) is 66.4 cm³/mol. The van der Waals surface area contributed by atoms with Crippen LogP contribution in [0.15, 0.2) is 22.9 Å². The Labute approximate surface area is 104 Å². The Kier molecular flexibility index (Phi) is 6.08. The molecular formula is C12H16BrNO2. The molecule has 16 heavy (non-hydrogen) atoms. The summed E-state index contributed by atoms with van der Waals surface area (Å²) in [6.45, 7) is 2.65. The van der Waals surface area contributed by atoms with Crippen LogP contribution in [0.5, 0.6) is 0 Å². The second-order valence-electron chi connectivity index (χ2n) is 3.56. The first-order chi connectivity index (χ1) is 7.74. The van der Waals surface area contributed by atoms with Gasteiger partial charge in [0.1, 0.15) is 4.60 Å². The first-order valence-corrected chi connectivity index (χ1v) is 6.32. The van der Waals surface area contributed by atoms with E-state index in [0.717, 1.165) is 12.8 Å². The van der Waals surface area contributed by atoms with E-state index in [1.165, 1.54) is 12.8 Å². The van der Waals surface area contributed by atoms with E-state index < -0.39 is 0 Å².